The molecule has 33 heavy (non-hydrogen) atoms. The molecule has 4 nitrogen and oxygen atoms in total. The van der Waals surface area contributed by atoms with Gasteiger partial charge in [-0.15, -0.1) is 12.4 Å². The number of halogens is 1. The number of aryl methyl sites for hydroxylation is 2. The van der Waals surface area contributed by atoms with Gasteiger partial charge in [0.05, 0.1) is 10.2 Å². The minimum absolute atomic E-state index is 0. The second-order valence-corrected chi connectivity index (χ2v) is 9.48. The summed E-state index contributed by atoms with van der Waals surface area (Å²) < 4.78 is 1.11. The number of hydrogen-bond acceptors (Lipinski definition) is 4. The Morgan fingerprint density at radius 3 is 2.21 bits per heavy atom. The van der Waals surface area contributed by atoms with Gasteiger partial charge in [-0.2, -0.15) is 0 Å². The minimum atomic E-state index is -0.00783. The van der Waals surface area contributed by atoms with Crippen molar-refractivity contribution in [3.05, 3.63) is 94.5 Å². The minimum Gasteiger partial charge on any atom is -0.308 e. The quantitative estimate of drug-likeness (QED) is 0.319. The van der Waals surface area contributed by atoms with Gasteiger partial charge < -0.3 is 4.90 Å². The largest absolute Gasteiger partial charge is 0.308 e. The number of fused-ring (bicyclic) bond motifs is 1. The van der Waals surface area contributed by atoms with Crippen molar-refractivity contribution in [1.29, 1.82) is 0 Å². The van der Waals surface area contributed by atoms with Crippen LogP contribution in [0.5, 0.6) is 0 Å². The Morgan fingerprint density at radius 2 is 1.55 bits per heavy atom. The fraction of sp³-hybridized carbons (Fsp3) is 0.259. The van der Waals surface area contributed by atoms with E-state index in [1.807, 2.05) is 37.2 Å². The third-order valence-electron chi connectivity index (χ3n) is 5.77. The standard InChI is InChI=1S/C27H29N3OS.ClH/c1-19-10-15-24-25(20(19)2)28-27(32-24)30(17-16-29(3)4)26(31)23-13-11-22(12-14-23)18-21-8-6-5-7-9-21;/h5-15H,16-18H2,1-4H3;1H. The lowest BCUT2D eigenvalue weighted by atomic mass is 10.0. The number of carbonyl (C=O) groups is 1. The van der Waals surface area contributed by atoms with E-state index in [1.54, 1.807) is 11.3 Å². The molecule has 0 aliphatic heterocycles. The van der Waals surface area contributed by atoms with Crippen LogP contribution in [-0.2, 0) is 6.42 Å². The van der Waals surface area contributed by atoms with Crippen LogP contribution in [0.4, 0.5) is 5.13 Å². The second kappa shape index (κ2) is 10.9. The summed E-state index contributed by atoms with van der Waals surface area (Å²) in [6.45, 7) is 5.56. The van der Waals surface area contributed by atoms with Crippen LogP contribution in [-0.4, -0.2) is 43.0 Å². The van der Waals surface area contributed by atoms with Crippen molar-refractivity contribution in [3.63, 3.8) is 0 Å². The lowest BCUT2D eigenvalue weighted by Crippen LogP contribution is -2.36. The summed E-state index contributed by atoms with van der Waals surface area (Å²) in [5.41, 5.74) is 6.53. The maximum absolute atomic E-state index is 13.5. The van der Waals surface area contributed by atoms with E-state index >= 15 is 0 Å². The van der Waals surface area contributed by atoms with Gasteiger partial charge in [0, 0.05) is 18.7 Å². The number of carbonyl (C=O) groups excluding carboxylic acids is 1. The highest BCUT2D eigenvalue weighted by atomic mass is 35.5. The molecule has 0 atom stereocenters. The molecule has 0 aliphatic rings. The summed E-state index contributed by atoms with van der Waals surface area (Å²) in [7, 11) is 4.04. The average Bonchev–Trinajstić information content (AvgIpc) is 3.22. The van der Waals surface area contributed by atoms with Gasteiger partial charge in [0.15, 0.2) is 5.13 Å². The zero-order valence-electron chi connectivity index (χ0n) is 19.5. The summed E-state index contributed by atoms with van der Waals surface area (Å²) in [6, 6.07) is 22.6. The van der Waals surface area contributed by atoms with Crippen LogP contribution in [0.1, 0.15) is 32.6 Å². The Morgan fingerprint density at radius 1 is 0.879 bits per heavy atom. The molecular weight excluding hydrogens is 450 g/mol. The van der Waals surface area contributed by atoms with Crippen LogP contribution in [0.25, 0.3) is 10.2 Å². The number of amides is 1. The first kappa shape index (κ1) is 24.9. The predicted molar refractivity (Wildman–Crippen MR) is 142 cm³/mol. The molecule has 1 amide bonds. The summed E-state index contributed by atoms with van der Waals surface area (Å²) >= 11 is 1.58. The van der Waals surface area contributed by atoms with Crippen molar-refractivity contribution in [2.75, 3.05) is 32.1 Å². The fourth-order valence-electron chi connectivity index (χ4n) is 3.67. The molecule has 0 unspecified atom stereocenters. The van der Waals surface area contributed by atoms with E-state index in [-0.39, 0.29) is 18.3 Å². The van der Waals surface area contributed by atoms with E-state index in [4.69, 9.17) is 4.98 Å². The molecule has 1 heterocycles. The molecule has 0 N–H and O–H groups in total. The number of rotatable bonds is 7. The topological polar surface area (TPSA) is 36.4 Å². The monoisotopic (exact) mass is 479 g/mol. The summed E-state index contributed by atoms with van der Waals surface area (Å²) in [5.74, 6) is -0.00783. The molecular formula is C27H30ClN3OS. The molecule has 0 bridgehead atoms. The highest BCUT2D eigenvalue weighted by Gasteiger charge is 2.22. The number of thiazole rings is 1. The number of anilines is 1. The van der Waals surface area contributed by atoms with Crippen molar-refractivity contribution in [2.45, 2.75) is 20.3 Å². The van der Waals surface area contributed by atoms with Crippen LogP contribution in [0.15, 0.2) is 66.7 Å². The Balaban J connectivity index is 0.00000306. The Kier molecular flexibility index (Phi) is 8.25. The Labute approximate surface area is 206 Å². The van der Waals surface area contributed by atoms with Gasteiger partial charge in [0.1, 0.15) is 0 Å². The molecule has 0 aliphatic carbocycles. The molecule has 0 fully saturated rings. The lowest BCUT2D eigenvalue weighted by molar-refractivity contribution is 0.0985. The van der Waals surface area contributed by atoms with E-state index in [0.29, 0.717) is 12.1 Å². The van der Waals surface area contributed by atoms with Gasteiger partial charge in [-0.25, -0.2) is 4.98 Å². The first-order chi connectivity index (χ1) is 15.4. The van der Waals surface area contributed by atoms with E-state index < -0.39 is 0 Å². The predicted octanol–water partition coefficient (Wildman–Crippen LogP) is 6.13. The van der Waals surface area contributed by atoms with E-state index in [1.165, 1.54) is 22.3 Å². The third-order valence-corrected chi connectivity index (χ3v) is 6.82. The van der Waals surface area contributed by atoms with Crippen molar-refractivity contribution >= 4 is 45.0 Å². The number of benzene rings is 3. The Hall–Kier alpha value is -2.73. The van der Waals surface area contributed by atoms with Crippen LogP contribution in [0, 0.1) is 13.8 Å². The van der Waals surface area contributed by atoms with E-state index in [0.717, 1.165) is 28.3 Å². The summed E-state index contributed by atoms with van der Waals surface area (Å²) in [4.78, 5) is 22.3. The number of aromatic nitrogens is 1. The molecule has 4 aromatic rings. The smallest absolute Gasteiger partial charge is 0.260 e. The van der Waals surface area contributed by atoms with Gasteiger partial charge in [-0.3, -0.25) is 9.69 Å². The molecule has 0 saturated heterocycles. The molecule has 0 radical (unpaired) electrons. The fourth-order valence-corrected chi connectivity index (χ4v) is 4.72. The zero-order valence-corrected chi connectivity index (χ0v) is 21.2. The van der Waals surface area contributed by atoms with Crippen molar-refractivity contribution in [2.24, 2.45) is 0 Å². The van der Waals surface area contributed by atoms with Crippen LogP contribution >= 0.6 is 23.7 Å². The van der Waals surface area contributed by atoms with Gasteiger partial charge in [-0.1, -0.05) is 59.9 Å². The molecule has 4 rings (SSSR count). The molecule has 0 spiro atoms. The van der Waals surface area contributed by atoms with Gasteiger partial charge in [0.2, 0.25) is 0 Å². The number of nitrogens with zero attached hydrogens (tertiary/aromatic N) is 3. The molecule has 6 heteroatoms. The van der Waals surface area contributed by atoms with Crippen LogP contribution in [0.3, 0.4) is 0 Å². The molecule has 172 valence electrons. The number of likely N-dealkylation sites (N-methyl/N-ethyl adjacent to an activating group) is 1. The SMILES string of the molecule is Cc1ccc2sc(N(CCN(C)C)C(=O)c3ccc(Cc4ccccc4)cc3)nc2c1C.Cl. The van der Waals surface area contributed by atoms with Crippen LogP contribution in [0.2, 0.25) is 0 Å². The zero-order chi connectivity index (χ0) is 22.7. The molecule has 3 aromatic carbocycles. The maximum Gasteiger partial charge on any atom is 0.260 e. The molecule has 0 saturated carbocycles. The summed E-state index contributed by atoms with van der Waals surface area (Å²) in [6.07, 6.45) is 0.857. The summed E-state index contributed by atoms with van der Waals surface area (Å²) in [5, 5.41) is 0.758. The van der Waals surface area contributed by atoms with Crippen molar-refractivity contribution in [1.82, 2.24) is 9.88 Å². The second-order valence-electron chi connectivity index (χ2n) is 8.47. The van der Waals surface area contributed by atoms with Gasteiger partial charge in [0.25, 0.3) is 5.91 Å². The van der Waals surface area contributed by atoms with Gasteiger partial charge in [-0.05, 0) is 74.8 Å². The van der Waals surface area contributed by atoms with E-state index in [9.17, 15) is 4.79 Å². The van der Waals surface area contributed by atoms with Gasteiger partial charge >= 0.3 is 0 Å². The highest BCUT2D eigenvalue weighted by Crippen LogP contribution is 2.32. The first-order valence-electron chi connectivity index (χ1n) is 10.9. The Bertz CT molecular complexity index is 1220. The third kappa shape index (κ3) is 5.80. The highest BCUT2D eigenvalue weighted by molar-refractivity contribution is 7.22. The first-order valence-corrected chi connectivity index (χ1v) is 11.7. The normalized spacial score (nSPS) is 10.9. The van der Waals surface area contributed by atoms with Crippen LogP contribution < -0.4 is 4.90 Å². The lowest BCUT2D eigenvalue weighted by Gasteiger charge is -2.22. The molecule has 1 aromatic heterocycles. The number of hydrogen-bond donors (Lipinski definition) is 0. The maximum atomic E-state index is 13.5. The van der Waals surface area contributed by atoms with Crippen molar-refractivity contribution < 1.29 is 4.79 Å². The average molecular weight is 480 g/mol. The van der Waals surface area contributed by atoms with E-state index in [2.05, 4.69) is 67.3 Å². The van der Waals surface area contributed by atoms with Crippen molar-refractivity contribution in [3.8, 4) is 0 Å².